The Morgan fingerprint density at radius 1 is 0.379 bits per heavy atom. The summed E-state index contributed by atoms with van der Waals surface area (Å²) in [4.78, 5) is 50.1. The number of allylic oxidation sites excluding steroid dienone is 4. The summed E-state index contributed by atoms with van der Waals surface area (Å²) in [6.45, 7) is 0. The van der Waals surface area contributed by atoms with Crippen LogP contribution in [-0.4, -0.2) is 50.6 Å². The van der Waals surface area contributed by atoms with Crippen molar-refractivity contribution in [3.63, 3.8) is 0 Å². The van der Waals surface area contributed by atoms with E-state index in [2.05, 4.69) is 233 Å². The zero-order valence-electron chi connectivity index (χ0n) is 46.3. The third-order valence-corrected chi connectivity index (χ3v) is 18.1. The van der Waals surface area contributed by atoms with E-state index in [9.17, 15) is 0 Å². The number of para-hydroxylation sites is 5. The summed E-state index contributed by atoms with van der Waals surface area (Å²) < 4.78 is 0. The number of fused-ring (bicyclic) bond motifs is 16. The molecule has 1 unspecified atom stereocenters. The second-order valence-corrected chi connectivity index (χ2v) is 22.6. The molecule has 2 aliphatic rings. The van der Waals surface area contributed by atoms with E-state index in [0.29, 0.717) is 17.0 Å². The van der Waals surface area contributed by atoms with Crippen LogP contribution in [-0.2, 0) is 0 Å². The van der Waals surface area contributed by atoms with Gasteiger partial charge in [-0.15, -0.1) is 0 Å². The largest absolute Gasteiger partial charge is 0.354 e. The van der Waals surface area contributed by atoms with Crippen molar-refractivity contribution in [3.05, 3.63) is 261 Å². The van der Waals surface area contributed by atoms with E-state index >= 15 is 0 Å². The first-order chi connectivity index (χ1) is 43.2. The van der Waals surface area contributed by atoms with Crippen LogP contribution in [0.4, 0.5) is 5.69 Å². The third-order valence-electron chi connectivity index (χ3n) is 18.1. The number of aromatic amines is 2. The van der Waals surface area contributed by atoms with Crippen LogP contribution in [0, 0.1) is 0 Å². The smallest absolute Gasteiger partial charge is 0.181 e. The van der Waals surface area contributed by atoms with Gasteiger partial charge in [-0.2, -0.15) is 0 Å². The number of benzene rings is 10. The maximum Gasteiger partial charge on any atom is 0.181 e. The second-order valence-electron chi connectivity index (χ2n) is 22.6. The first-order valence-corrected chi connectivity index (χ1v) is 29.3. The normalized spacial score (nSPS) is 14.0. The molecular formula is C77H44N10. The highest BCUT2D eigenvalue weighted by Crippen LogP contribution is 2.58. The minimum atomic E-state index is -0.123. The predicted molar refractivity (Wildman–Crippen MR) is 355 cm³/mol. The van der Waals surface area contributed by atoms with Gasteiger partial charge >= 0.3 is 0 Å². The molecule has 1 aliphatic heterocycles. The number of aliphatic imine (C=N–C) groups is 1. The molecule has 1 atom stereocenters. The van der Waals surface area contributed by atoms with Crippen LogP contribution in [0.1, 0.15) is 17.0 Å². The van der Waals surface area contributed by atoms with Gasteiger partial charge in [0.25, 0.3) is 0 Å². The van der Waals surface area contributed by atoms with Gasteiger partial charge in [0.1, 0.15) is 5.52 Å². The van der Waals surface area contributed by atoms with Crippen LogP contribution >= 0.6 is 0 Å². The molecule has 7 aromatic heterocycles. The number of pyridine rings is 3. The number of rotatable bonds is 6. The molecule has 8 heterocycles. The van der Waals surface area contributed by atoms with Crippen LogP contribution in [0.3, 0.4) is 0 Å². The third kappa shape index (κ3) is 6.97. The van der Waals surface area contributed by atoms with Gasteiger partial charge in [-0.25, -0.2) is 24.9 Å². The first-order valence-electron chi connectivity index (χ1n) is 29.3. The van der Waals surface area contributed by atoms with Crippen molar-refractivity contribution in [3.8, 4) is 56.0 Å². The number of nitrogens with zero attached hydrogens (tertiary/aromatic N) is 8. The van der Waals surface area contributed by atoms with Gasteiger partial charge in [0, 0.05) is 124 Å². The van der Waals surface area contributed by atoms with Crippen molar-refractivity contribution in [2.45, 2.75) is 5.92 Å². The standard InChI is InChI=1S/C77H44N10/c1-3-17-44-43(16-1)40-81-63-32-14-24-52(65(44)63)69-66(48-21-13-31-62-57(48)39-42-15-2-7-27-58(42)83-62)53-33-34-56(76-82-41-64-77(87-76)80-38-37-78-64)67(54-25-11-22-49-45-18-4-8-28-59(45)84-72(49)54)68(53)70(55-26-12-23-50-46-19-5-9-29-60(46)85-73(50)55)71(69)75-74-51(35-36-79-75)47-20-6-10-30-61(47)86-74/h1-41,49,85-86H. The molecule has 2 N–H and O–H groups in total. The molecule has 1 aliphatic carbocycles. The lowest BCUT2D eigenvalue weighted by molar-refractivity contribution is 1.15. The van der Waals surface area contributed by atoms with Gasteiger partial charge in [-0.3, -0.25) is 15.0 Å². The van der Waals surface area contributed by atoms with Crippen molar-refractivity contribution >= 4 is 126 Å². The molecule has 87 heavy (non-hydrogen) atoms. The minimum absolute atomic E-state index is 0.123. The summed E-state index contributed by atoms with van der Waals surface area (Å²) in [5.41, 5.74) is 21.1. The summed E-state index contributed by atoms with van der Waals surface area (Å²) in [7, 11) is 0. The van der Waals surface area contributed by atoms with Crippen molar-refractivity contribution in [2.24, 2.45) is 4.99 Å². The molecule has 10 nitrogen and oxygen atoms in total. The quantitative estimate of drug-likeness (QED) is 0.125. The molecule has 0 amide bonds. The molecule has 10 heteroatoms. The highest BCUT2D eigenvalue weighted by molar-refractivity contribution is 6.37. The molecule has 0 radical (unpaired) electrons. The maximum absolute atomic E-state index is 5.73. The highest BCUT2D eigenvalue weighted by Gasteiger charge is 2.36. The Morgan fingerprint density at radius 3 is 1.99 bits per heavy atom. The number of nitrogens with one attached hydrogen (secondary N) is 2. The average Bonchev–Trinajstić information content (AvgIpc) is 1.67. The second kappa shape index (κ2) is 18.3. The van der Waals surface area contributed by atoms with Gasteiger partial charge in [0.05, 0.1) is 50.9 Å². The topological polar surface area (TPSA) is 134 Å². The fourth-order valence-corrected chi connectivity index (χ4v) is 14.4. The van der Waals surface area contributed by atoms with Crippen LogP contribution in [0.2, 0.25) is 0 Å². The van der Waals surface area contributed by atoms with Gasteiger partial charge < -0.3 is 9.97 Å². The summed E-state index contributed by atoms with van der Waals surface area (Å²) in [6.07, 6.45) is 15.9. The molecule has 0 saturated carbocycles. The van der Waals surface area contributed by atoms with Crippen LogP contribution in [0.25, 0.3) is 171 Å². The van der Waals surface area contributed by atoms with Gasteiger partial charge in [0.2, 0.25) is 0 Å². The Kier molecular flexibility index (Phi) is 10.0. The van der Waals surface area contributed by atoms with E-state index in [0.717, 1.165) is 176 Å². The number of aromatic nitrogens is 9. The molecule has 402 valence electrons. The lowest BCUT2D eigenvalue weighted by atomic mass is 9.74. The van der Waals surface area contributed by atoms with Crippen molar-refractivity contribution in [2.75, 3.05) is 0 Å². The average molecular weight is 1110 g/mol. The SMILES string of the molecule is C1=CC2C(=Nc3ccccc32)C(c2c(-c3ncc4nccnc4n3)ccc3c(-c4cccc5nc6ccccc6cc45)c(-c4cccc5ncc6ccccc6c45)c(-c4nccc5c4[nH]c4ccccc45)c(-c4cccc5c4[nH]c4ccccc45)c23)=C1. The van der Waals surface area contributed by atoms with Crippen LogP contribution in [0.15, 0.2) is 254 Å². The summed E-state index contributed by atoms with van der Waals surface area (Å²) in [5.74, 6) is 0.385. The van der Waals surface area contributed by atoms with E-state index in [4.69, 9.17) is 34.9 Å². The molecule has 10 aromatic carbocycles. The van der Waals surface area contributed by atoms with E-state index < -0.39 is 0 Å². The van der Waals surface area contributed by atoms with E-state index in [1.165, 1.54) is 0 Å². The Morgan fingerprint density at radius 2 is 1.09 bits per heavy atom. The van der Waals surface area contributed by atoms with Crippen molar-refractivity contribution in [1.29, 1.82) is 0 Å². The fourth-order valence-electron chi connectivity index (χ4n) is 14.4. The van der Waals surface area contributed by atoms with E-state index in [1.807, 2.05) is 12.4 Å². The number of hydrogen-bond donors (Lipinski definition) is 2. The van der Waals surface area contributed by atoms with E-state index in [-0.39, 0.29) is 5.92 Å². The molecule has 0 saturated heterocycles. The molecule has 19 rings (SSSR count). The maximum atomic E-state index is 5.73. The van der Waals surface area contributed by atoms with E-state index in [1.54, 1.807) is 18.6 Å². The Hall–Kier alpha value is -11.9. The van der Waals surface area contributed by atoms with Crippen LogP contribution in [0.5, 0.6) is 0 Å². The van der Waals surface area contributed by atoms with Crippen LogP contribution < -0.4 is 0 Å². The minimum Gasteiger partial charge on any atom is -0.354 e. The molecule has 0 spiro atoms. The number of hydrogen-bond acceptors (Lipinski definition) is 8. The molecule has 0 fully saturated rings. The van der Waals surface area contributed by atoms with Gasteiger partial charge in [0.15, 0.2) is 11.5 Å². The highest BCUT2D eigenvalue weighted by atomic mass is 15.0. The summed E-state index contributed by atoms with van der Waals surface area (Å²) in [6, 6.07) is 71.6. The summed E-state index contributed by atoms with van der Waals surface area (Å²) in [5, 5.41) is 11.6. The summed E-state index contributed by atoms with van der Waals surface area (Å²) >= 11 is 0. The number of H-pyrrole nitrogens is 2. The van der Waals surface area contributed by atoms with Crippen molar-refractivity contribution in [1.82, 2.24) is 44.9 Å². The van der Waals surface area contributed by atoms with Crippen molar-refractivity contribution < 1.29 is 0 Å². The zero-order chi connectivity index (χ0) is 56.8. The van der Waals surface area contributed by atoms with Gasteiger partial charge in [-0.05, 0) is 93.0 Å². The van der Waals surface area contributed by atoms with Gasteiger partial charge in [-0.1, -0.05) is 164 Å². The molecular weight excluding hydrogens is 1060 g/mol. The molecule has 17 aromatic rings. The molecule has 0 bridgehead atoms. The first kappa shape index (κ1) is 47.6. The fraction of sp³-hybridized carbons (Fsp3) is 0.0130. The Bertz CT molecular complexity index is 5990. The zero-order valence-corrected chi connectivity index (χ0v) is 46.3. The lowest BCUT2D eigenvalue weighted by Crippen LogP contribution is -2.13. The Balaban J connectivity index is 1.12. The monoisotopic (exact) mass is 1110 g/mol. The predicted octanol–water partition coefficient (Wildman–Crippen LogP) is 18.8. The lowest BCUT2D eigenvalue weighted by Gasteiger charge is -2.29. The Labute approximate surface area is 495 Å².